The molecular formula is C16H29NO3. The standard InChI is InChI=1S/C16H29NO3/c18-14(11-19-12-15-5-3-9-20-15)10-17-8-7-13-4-1-2-6-16(13)17/h13-16,18H,1-12H2. The SMILES string of the molecule is OC(COCC1CCCO1)CN1CCC2CCCCC21. The van der Waals surface area contributed by atoms with E-state index in [9.17, 15) is 5.11 Å². The number of β-amino-alcohol motifs (C(OH)–C–C–N with tert-alkyl or cyclic N) is 1. The molecule has 1 aliphatic carbocycles. The molecule has 4 unspecified atom stereocenters. The van der Waals surface area contributed by atoms with Crippen LogP contribution in [0.4, 0.5) is 0 Å². The van der Waals surface area contributed by atoms with Crippen molar-refractivity contribution < 1.29 is 14.6 Å². The summed E-state index contributed by atoms with van der Waals surface area (Å²) in [7, 11) is 0. The molecule has 2 saturated heterocycles. The fourth-order valence-corrected chi connectivity index (χ4v) is 4.16. The van der Waals surface area contributed by atoms with Crippen molar-refractivity contribution >= 4 is 0 Å². The third-order valence-electron chi connectivity index (χ3n) is 5.21. The molecule has 0 aromatic heterocycles. The highest BCUT2D eigenvalue weighted by Gasteiger charge is 2.36. The number of hydrogen-bond acceptors (Lipinski definition) is 4. The maximum atomic E-state index is 10.2. The summed E-state index contributed by atoms with van der Waals surface area (Å²) in [5, 5.41) is 10.2. The van der Waals surface area contributed by atoms with Crippen LogP contribution in [0.25, 0.3) is 0 Å². The second-order valence-electron chi connectivity index (χ2n) is 6.72. The number of hydrogen-bond donors (Lipinski definition) is 1. The molecule has 2 aliphatic heterocycles. The van der Waals surface area contributed by atoms with Crippen molar-refractivity contribution in [2.24, 2.45) is 5.92 Å². The Morgan fingerprint density at radius 2 is 2.05 bits per heavy atom. The zero-order valence-corrected chi connectivity index (χ0v) is 12.5. The second kappa shape index (κ2) is 7.21. The summed E-state index contributed by atoms with van der Waals surface area (Å²) >= 11 is 0. The van der Waals surface area contributed by atoms with Crippen LogP contribution in [-0.2, 0) is 9.47 Å². The van der Waals surface area contributed by atoms with Crippen molar-refractivity contribution in [3.63, 3.8) is 0 Å². The van der Waals surface area contributed by atoms with E-state index in [1.807, 2.05) is 0 Å². The molecule has 3 rings (SSSR count). The van der Waals surface area contributed by atoms with Crippen molar-refractivity contribution in [1.82, 2.24) is 4.90 Å². The fraction of sp³-hybridized carbons (Fsp3) is 1.00. The molecule has 3 aliphatic rings. The van der Waals surface area contributed by atoms with Gasteiger partial charge >= 0.3 is 0 Å². The van der Waals surface area contributed by atoms with Crippen molar-refractivity contribution in [3.8, 4) is 0 Å². The van der Waals surface area contributed by atoms with E-state index in [2.05, 4.69) is 4.90 Å². The van der Waals surface area contributed by atoms with Crippen LogP contribution in [0.15, 0.2) is 0 Å². The molecule has 0 spiro atoms. The molecule has 0 amide bonds. The Morgan fingerprint density at radius 1 is 1.15 bits per heavy atom. The monoisotopic (exact) mass is 283 g/mol. The first-order valence-electron chi connectivity index (χ1n) is 8.44. The van der Waals surface area contributed by atoms with E-state index in [1.165, 1.54) is 32.1 Å². The zero-order valence-electron chi connectivity index (χ0n) is 12.5. The van der Waals surface area contributed by atoms with E-state index in [0.717, 1.165) is 44.5 Å². The van der Waals surface area contributed by atoms with E-state index < -0.39 is 0 Å². The fourth-order valence-electron chi connectivity index (χ4n) is 4.16. The molecule has 0 aromatic carbocycles. The quantitative estimate of drug-likeness (QED) is 0.807. The number of aliphatic hydroxyl groups is 1. The lowest BCUT2D eigenvalue weighted by Crippen LogP contribution is -2.41. The molecule has 116 valence electrons. The largest absolute Gasteiger partial charge is 0.389 e. The van der Waals surface area contributed by atoms with Gasteiger partial charge in [0.05, 0.1) is 25.4 Å². The Balaban J connectivity index is 1.34. The average molecular weight is 283 g/mol. The number of aliphatic hydroxyl groups excluding tert-OH is 1. The highest BCUT2D eigenvalue weighted by molar-refractivity contribution is 4.90. The Hall–Kier alpha value is -0.160. The summed E-state index contributed by atoms with van der Waals surface area (Å²) in [5.74, 6) is 0.892. The Kier molecular flexibility index (Phi) is 5.32. The first kappa shape index (κ1) is 14.8. The molecule has 20 heavy (non-hydrogen) atoms. The summed E-state index contributed by atoms with van der Waals surface area (Å²) in [6.45, 7) is 3.91. The van der Waals surface area contributed by atoms with Gasteiger partial charge in [-0.1, -0.05) is 12.8 Å². The van der Waals surface area contributed by atoms with Gasteiger partial charge in [-0.3, -0.25) is 4.90 Å². The normalized spacial score (nSPS) is 36.1. The molecule has 3 fully saturated rings. The van der Waals surface area contributed by atoms with Crippen LogP contribution in [0.3, 0.4) is 0 Å². The van der Waals surface area contributed by atoms with Crippen LogP contribution < -0.4 is 0 Å². The molecule has 2 heterocycles. The third kappa shape index (κ3) is 3.73. The Morgan fingerprint density at radius 3 is 2.90 bits per heavy atom. The van der Waals surface area contributed by atoms with Gasteiger partial charge in [0, 0.05) is 19.2 Å². The Bertz CT molecular complexity index is 293. The predicted molar refractivity (Wildman–Crippen MR) is 77.7 cm³/mol. The van der Waals surface area contributed by atoms with Gasteiger partial charge in [0.25, 0.3) is 0 Å². The van der Waals surface area contributed by atoms with Gasteiger partial charge in [-0.2, -0.15) is 0 Å². The molecule has 0 radical (unpaired) electrons. The highest BCUT2D eigenvalue weighted by atomic mass is 16.5. The van der Waals surface area contributed by atoms with Crippen LogP contribution in [-0.4, -0.2) is 61.2 Å². The summed E-state index contributed by atoms with van der Waals surface area (Å²) in [4.78, 5) is 2.50. The van der Waals surface area contributed by atoms with Crippen LogP contribution in [0.5, 0.6) is 0 Å². The van der Waals surface area contributed by atoms with Crippen LogP contribution >= 0.6 is 0 Å². The predicted octanol–water partition coefficient (Wildman–Crippen LogP) is 1.81. The van der Waals surface area contributed by atoms with E-state index in [1.54, 1.807) is 0 Å². The topological polar surface area (TPSA) is 41.9 Å². The van der Waals surface area contributed by atoms with Crippen LogP contribution in [0.1, 0.15) is 44.9 Å². The molecule has 1 saturated carbocycles. The van der Waals surface area contributed by atoms with Gasteiger partial charge in [-0.05, 0) is 44.6 Å². The summed E-state index contributed by atoms with van der Waals surface area (Å²) < 4.78 is 11.1. The van der Waals surface area contributed by atoms with Gasteiger partial charge in [-0.25, -0.2) is 0 Å². The van der Waals surface area contributed by atoms with Gasteiger partial charge in [-0.15, -0.1) is 0 Å². The van der Waals surface area contributed by atoms with Crippen molar-refractivity contribution in [2.45, 2.75) is 63.2 Å². The van der Waals surface area contributed by atoms with Gasteiger partial charge in [0.1, 0.15) is 0 Å². The first-order valence-corrected chi connectivity index (χ1v) is 8.44. The lowest BCUT2D eigenvalue weighted by molar-refractivity contribution is -0.0275. The van der Waals surface area contributed by atoms with E-state index in [-0.39, 0.29) is 12.2 Å². The molecule has 0 bridgehead atoms. The minimum absolute atomic E-state index is 0.261. The van der Waals surface area contributed by atoms with Gasteiger partial charge in [0.2, 0.25) is 0 Å². The highest BCUT2D eigenvalue weighted by Crippen LogP contribution is 2.36. The smallest absolute Gasteiger partial charge is 0.0900 e. The van der Waals surface area contributed by atoms with Crippen molar-refractivity contribution in [1.29, 1.82) is 0 Å². The van der Waals surface area contributed by atoms with Crippen molar-refractivity contribution in [2.75, 3.05) is 32.9 Å². The third-order valence-corrected chi connectivity index (χ3v) is 5.21. The van der Waals surface area contributed by atoms with E-state index in [4.69, 9.17) is 9.47 Å². The first-order chi connectivity index (χ1) is 9.83. The minimum Gasteiger partial charge on any atom is -0.389 e. The number of fused-ring (bicyclic) bond motifs is 1. The average Bonchev–Trinajstić information content (AvgIpc) is 3.09. The number of rotatable bonds is 6. The summed E-state index contributed by atoms with van der Waals surface area (Å²) in [6.07, 6.45) is 8.98. The summed E-state index contributed by atoms with van der Waals surface area (Å²) in [5.41, 5.74) is 0. The summed E-state index contributed by atoms with van der Waals surface area (Å²) in [6, 6.07) is 0.733. The van der Waals surface area contributed by atoms with Gasteiger partial charge < -0.3 is 14.6 Å². The lowest BCUT2D eigenvalue weighted by atomic mass is 9.85. The molecule has 1 N–H and O–H groups in total. The molecular weight excluding hydrogens is 254 g/mol. The van der Waals surface area contributed by atoms with E-state index >= 15 is 0 Å². The maximum Gasteiger partial charge on any atom is 0.0900 e. The number of likely N-dealkylation sites (tertiary alicyclic amines) is 1. The van der Waals surface area contributed by atoms with Crippen LogP contribution in [0, 0.1) is 5.92 Å². The van der Waals surface area contributed by atoms with Gasteiger partial charge in [0.15, 0.2) is 0 Å². The molecule has 0 aromatic rings. The zero-order chi connectivity index (χ0) is 13.8. The maximum absolute atomic E-state index is 10.2. The number of nitrogens with zero attached hydrogens (tertiary/aromatic N) is 1. The molecule has 4 nitrogen and oxygen atoms in total. The molecule has 4 atom stereocenters. The molecule has 4 heteroatoms. The minimum atomic E-state index is -0.350. The Labute approximate surface area is 122 Å². The van der Waals surface area contributed by atoms with E-state index in [0.29, 0.717) is 13.2 Å². The second-order valence-corrected chi connectivity index (χ2v) is 6.72. The lowest BCUT2D eigenvalue weighted by Gasteiger charge is -2.32. The number of ether oxygens (including phenoxy) is 2. The van der Waals surface area contributed by atoms with Crippen LogP contribution in [0.2, 0.25) is 0 Å². The van der Waals surface area contributed by atoms with Crippen molar-refractivity contribution in [3.05, 3.63) is 0 Å².